The van der Waals surface area contributed by atoms with Gasteiger partial charge in [0.25, 0.3) is 0 Å². The van der Waals surface area contributed by atoms with Crippen LogP contribution in [0.25, 0.3) is 0 Å². The molecule has 0 atom stereocenters. The third-order valence-corrected chi connectivity index (χ3v) is 3.01. The smallest absolute Gasteiger partial charge is 0.119 e. The van der Waals surface area contributed by atoms with Crippen molar-refractivity contribution in [2.75, 3.05) is 0 Å². The Kier molecular flexibility index (Phi) is 3.25. The fourth-order valence-electron chi connectivity index (χ4n) is 1.47. The zero-order valence-electron chi connectivity index (χ0n) is 9.19. The normalized spacial score (nSPS) is 11.8. The quantitative estimate of drug-likeness (QED) is 0.805. The maximum Gasteiger partial charge on any atom is 0.119 e. The molecule has 0 heterocycles. The van der Waals surface area contributed by atoms with Crippen LogP contribution in [-0.2, 0) is 11.8 Å². The maximum atomic E-state index is 9.65. The molecule has 1 nitrogen and oxygen atoms in total. The van der Waals surface area contributed by atoms with Crippen LogP contribution in [0, 0.1) is 0 Å². The topological polar surface area (TPSA) is 20.2 Å². The number of hydrogen-bond donors (Lipinski definition) is 1. The number of rotatable bonds is 1. The van der Waals surface area contributed by atoms with Gasteiger partial charge in [-0.25, -0.2) is 0 Å². The van der Waals surface area contributed by atoms with Crippen LogP contribution in [0.5, 0.6) is 5.75 Å². The zero-order valence-corrected chi connectivity index (χ0v) is 10.8. The molecule has 78 valence electrons. The molecular weight excluding hydrogens is 240 g/mol. The summed E-state index contributed by atoms with van der Waals surface area (Å²) in [6.45, 7) is 8.56. The van der Waals surface area contributed by atoms with E-state index in [-0.39, 0.29) is 5.41 Å². The van der Waals surface area contributed by atoms with Gasteiger partial charge in [-0.05, 0) is 29.0 Å². The molecule has 14 heavy (non-hydrogen) atoms. The summed E-state index contributed by atoms with van der Waals surface area (Å²) in [7, 11) is 0. The summed E-state index contributed by atoms with van der Waals surface area (Å²) in [5.41, 5.74) is 2.36. The molecule has 0 aromatic heterocycles. The predicted molar refractivity (Wildman–Crippen MR) is 63.9 cm³/mol. The monoisotopic (exact) mass is 256 g/mol. The van der Waals surface area contributed by atoms with Crippen LogP contribution in [0.1, 0.15) is 38.8 Å². The van der Waals surface area contributed by atoms with Crippen molar-refractivity contribution in [1.29, 1.82) is 0 Å². The van der Waals surface area contributed by atoms with E-state index < -0.39 is 0 Å². The van der Waals surface area contributed by atoms with Crippen molar-refractivity contribution >= 4 is 15.9 Å². The molecule has 0 fully saturated rings. The van der Waals surface area contributed by atoms with Crippen molar-refractivity contribution in [3.63, 3.8) is 0 Å². The van der Waals surface area contributed by atoms with Crippen molar-refractivity contribution in [3.8, 4) is 5.75 Å². The summed E-state index contributed by atoms with van der Waals surface area (Å²) >= 11 is 3.49. The Balaban J connectivity index is 3.32. The van der Waals surface area contributed by atoms with E-state index in [1.807, 2.05) is 0 Å². The van der Waals surface area contributed by atoms with E-state index >= 15 is 0 Å². The molecule has 0 aliphatic carbocycles. The molecule has 0 spiro atoms. The van der Waals surface area contributed by atoms with Gasteiger partial charge < -0.3 is 5.11 Å². The zero-order chi connectivity index (χ0) is 10.9. The van der Waals surface area contributed by atoms with Crippen molar-refractivity contribution < 1.29 is 5.11 Å². The number of benzene rings is 1. The Morgan fingerprint density at radius 2 is 1.86 bits per heavy atom. The van der Waals surface area contributed by atoms with E-state index in [1.165, 1.54) is 5.56 Å². The molecule has 0 radical (unpaired) electrons. The summed E-state index contributed by atoms with van der Waals surface area (Å²) in [5.74, 6) is 0.382. The molecule has 0 amide bonds. The van der Waals surface area contributed by atoms with Crippen LogP contribution < -0.4 is 0 Å². The summed E-state index contributed by atoms with van der Waals surface area (Å²) in [5, 5.41) is 9.65. The third-order valence-electron chi connectivity index (χ3n) is 2.36. The van der Waals surface area contributed by atoms with Gasteiger partial charge in [-0.3, -0.25) is 0 Å². The van der Waals surface area contributed by atoms with Crippen molar-refractivity contribution in [3.05, 3.63) is 27.7 Å². The van der Waals surface area contributed by atoms with Gasteiger partial charge in [-0.2, -0.15) is 0 Å². The lowest BCUT2D eigenvalue weighted by Gasteiger charge is -2.22. The maximum absolute atomic E-state index is 9.65. The fraction of sp³-hybridized carbons (Fsp3) is 0.500. The molecule has 1 rings (SSSR count). The second-order valence-electron chi connectivity index (χ2n) is 4.56. The molecule has 1 N–H and O–H groups in total. The number of hydrogen-bond acceptors (Lipinski definition) is 1. The lowest BCUT2D eigenvalue weighted by molar-refractivity contribution is 0.466. The van der Waals surface area contributed by atoms with Gasteiger partial charge in [-0.1, -0.05) is 49.7 Å². The highest BCUT2D eigenvalue weighted by Crippen LogP contribution is 2.34. The number of phenols is 1. The van der Waals surface area contributed by atoms with E-state index in [0.29, 0.717) is 5.75 Å². The lowest BCUT2D eigenvalue weighted by atomic mass is 9.86. The molecule has 1 aromatic rings. The molecule has 0 aliphatic rings. The minimum absolute atomic E-state index is 0.108. The first-order valence-corrected chi connectivity index (χ1v) is 5.67. The predicted octanol–water partition coefficient (Wildman–Crippen LogP) is 4.01. The lowest BCUT2D eigenvalue weighted by Crippen LogP contribution is -2.12. The van der Waals surface area contributed by atoms with E-state index in [0.717, 1.165) is 16.5 Å². The first-order valence-electron chi connectivity index (χ1n) is 4.88. The minimum atomic E-state index is 0.108. The summed E-state index contributed by atoms with van der Waals surface area (Å²) in [6, 6.07) is 3.87. The van der Waals surface area contributed by atoms with Gasteiger partial charge in [0.15, 0.2) is 0 Å². The van der Waals surface area contributed by atoms with Crippen LogP contribution >= 0.6 is 15.9 Å². The van der Waals surface area contributed by atoms with E-state index in [1.54, 1.807) is 6.07 Å². The molecule has 1 aromatic carbocycles. The highest BCUT2D eigenvalue weighted by atomic mass is 79.9. The van der Waals surface area contributed by atoms with Gasteiger partial charge in [-0.15, -0.1) is 0 Å². The second kappa shape index (κ2) is 3.93. The van der Waals surface area contributed by atoms with Crippen molar-refractivity contribution in [1.82, 2.24) is 0 Å². The first-order chi connectivity index (χ1) is 6.36. The molecule has 0 bridgehead atoms. The van der Waals surface area contributed by atoms with Gasteiger partial charge in [0, 0.05) is 4.47 Å². The molecule has 0 saturated heterocycles. The van der Waals surface area contributed by atoms with Crippen LogP contribution in [-0.4, -0.2) is 5.11 Å². The van der Waals surface area contributed by atoms with Gasteiger partial charge in [0.05, 0.1) is 0 Å². The Morgan fingerprint density at radius 1 is 1.29 bits per heavy atom. The largest absolute Gasteiger partial charge is 0.508 e. The molecule has 0 saturated carbocycles. The highest BCUT2D eigenvalue weighted by Gasteiger charge is 2.18. The average Bonchev–Trinajstić information content (AvgIpc) is 2.02. The number of phenolic OH excluding ortho intramolecular Hbond substituents is 1. The summed E-state index contributed by atoms with van der Waals surface area (Å²) in [6.07, 6.45) is 0.863. The van der Waals surface area contributed by atoms with E-state index in [2.05, 4.69) is 49.7 Å². The number of halogens is 1. The van der Waals surface area contributed by atoms with Crippen LogP contribution in [0.2, 0.25) is 0 Å². The number of aromatic hydroxyl groups is 1. The Bertz CT molecular complexity index is 337. The standard InChI is InChI=1S/C12H17BrO/c1-5-8-6-9(12(2,3)4)10(13)7-11(8)14/h6-7,14H,5H2,1-4H3. The molecular formula is C12H17BrO. The highest BCUT2D eigenvalue weighted by molar-refractivity contribution is 9.10. The van der Waals surface area contributed by atoms with Crippen LogP contribution in [0.15, 0.2) is 16.6 Å². The summed E-state index contributed by atoms with van der Waals surface area (Å²) in [4.78, 5) is 0. The van der Waals surface area contributed by atoms with Crippen molar-refractivity contribution in [2.45, 2.75) is 39.5 Å². The molecule has 0 unspecified atom stereocenters. The van der Waals surface area contributed by atoms with Crippen LogP contribution in [0.3, 0.4) is 0 Å². The second-order valence-corrected chi connectivity index (χ2v) is 5.42. The average molecular weight is 257 g/mol. The Hall–Kier alpha value is -0.500. The number of aryl methyl sites for hydroxylation is 1. The Morgan fingerprint density at radius 3 is 2.29 bits per heavy atom. The third kappa shape index (κ3) is 2.30. The van der Waals surface area contributed by atoms with E-state index in [4.69, 9.17) is 0 Å². The van der Waals surface area contributed by atoms with E-state index in [9.17, 15) is 5.11 Å². The fourth-order valence-corrected chi connectivity index (χ4v) is 2.39. The molecule has 0 aliphatic heterocycles. The van der Waals surface area contributed by atoms with Gasteiger partial charge in [0.2, 0.25) is 0 Å². The first kappa shape index (κ1) is 11.6. The van der Waals surface area contributed by atoms with Gasteiger partial charge >= 0.3 is 0 Å². The molecule has 2 heteroatoms. The summed E-state index contributed by atoms with van der Waals surface area (Å²) < 4.78 is 0.986. The van der Waals surface area contributed by atoms with Gasteiger partial charge in [0.1, 0.15) is 5.75 Å². The Labute approximate surface area is 94.3 Å². The van der Waals surface area contributed by atoms with Crippen molar-refractivity contribution in [2.24, 2.45) is 0 Å². The van der Waals surface area contributed by atoms with Crippen LogP contribution in [0.4, 0.5) is 0 Å². The minimum Gasteiger partial charge on any atom is -0.508 e. The SMILES string of the molecule is CCc1cc(C(C)(C)C)c(Br)cc1O.